The van der Waals surface area contributed by atoms with Crippen molar-refractivity contribution in [2.45, 2.75) is 40.3 Å². The molecule has 2 aromatic carbocycles. The van der Waals surface area contributed by atoms with Gasteiger partial charge in [-0.2, -0.15) is 0 Å². The van der Waals surface area contributed by atoms with Gasteiger partial charge in [-0.3, -0.25) is 0 Å². The Bertz CT molecular complexity index is 557. The molecule has 0 atom stereocenters. The van der Waals surface area contributed by atoms with E-state index in [2.05, 4.69) is 68.6 Å². The van der Waals surface area contributed by atoms with Crippen molar-refractivity contribution in [3.8, 4) is 5.75 Å². The zero-order valence-corrected chi connectivity index (χ0v) is 13.3. The predicted molar refractivity (Wildman–Crippen MR) is 88.7 cm³/mol. The molecule has 0 saturated heterocycles. The number of rotatable bonds is 7. The second-order valence-electron chi connectivity index (χ2n) is 5.56. The number of benzene rings is 2. The zero-order valence-electron chi connectivity index (χ0n) is 13.3. The molecule has 0 radical (unpaired) electrons. The Balaban J connectivity index is 2.02. The van der Waals surface area contributed by atoms with Crippen molar-refractivity contribution in [1.29, 1.82) is 0 Å². The molecule has 0 unspecified atom stereocenters. The highest BCUT2D eigenvalue weighted by atomic mass is 16.5. The lowest BCUT2D eigenvalue weighted by molar-refractivity contribution is 0.304. The van der Waals surface area contributed by atoms with Crippen LogP contribution in [0.1, 0.15) is 35.6 Å². The topological polar surface area (TPSA) is 21.3 Å². The molecule has 0 bridgehead atoms. The summed E-state index contributed by atoms with van der Waals surface area (Å²) in [7, 11) is 0. The highest BCUT2D eigenvalue weighted by Crippen LogP contribution is 2.18. The maximum absolute atomic E-state index is 5.97. The molecule has 1 N–H and O–H groups in total. The van der Waals surface area contributed by atoms with Gasteiger partial charge in [-0.05, 0) is 61.2 Å². The molecule has 0 aromatic heterocycles. The molecule has 2 heteroatoms. The number of ether oxygens (including phenoxy) is 1. The number of nitrogens with one attached hydrogen (secondary N) is 1. The summed E-state index contributed by atoms with van der Waals surface area (Å²) >= 11 is 0. The second-order valence-corrected chi connectivity index (χ2v) is 5.56. The smallest absolute Gasteiger partial charge is 0.120 e. The van der Waals surface area contributed by atoms with Crippen LogP contribution < -0.4 is 10.1 Å². The molecular weight excluding hydrogens is 258 g/mol. The molecule has 0 aliphatic rings. The fourth-order valence-corrected chi connectivity index (χ4v) is 2.45. The van der Waals surface area contributed by atoms with Crippen LogP contribution in [0.4, 0.5) is 0 Å². The first kappa shape index (κ1) is 15.6. The lowest BCUT2D eigenvalue weighted by atomic mass is 10.1. The maximum atomic E-state index is 5.97. The minimum atomic E-state index is 0.618. The van der Waals surface area contributed by atoms with E-state index >= 15 is 0 Å². The average molecular weight is 283 g/mol. The molecule has 112 valence electrons. The van der Waals surface area contributed by atoms with Crippen molar-refractivity contribution in [1.82, 2.24) is 5.32 Å². The summed E-state index contributed by atoms with van der Waals surface area (Å²) in [5.74, 6) is 0.948. The van der Waals surface area contributed by atoms with E-state index in [4.69, 9.17) is 4.74 Å². The van der Waals surface area contributed by atoms with Crippen molar-refractivity contribution in [2.75, 3.05) is 6.54 Å². The molecule has 0 amide bonds. The highest BCUT2D eigenvalue weighted by molar-refractivity contribution is 5.34. The van der Waals surface area contributed by atoms with Gasteiger partial charge in [0.15, 0.2) is 0 Å². The molecule has 2 rings (SSSR count). The van der Waals surface area contributed by atoms with Crippen molar-refractivity contribution in [3.05, 3.63) is 64.7 Å². The first-order valence-corrected chi connectivity index (χ1v) is 7.67. The number of hydrogen-bond acceptors (Lipinski definition) is 2. The van der Waals surface area contributed by atoms with Crippen LogP contribution in [0, 0.1) is 13.8 Å². The minimum absolute atomic E-state index is 0.618. The summed E-state index contributed by atoms with van der Waals surface area (Å²) in [5.41, 5.74) is 5.04. The van der Waals surface area contributed by atoms with Crippen molar-refractivity contribution < 1.29 is 4.74 Å². The van der Waals surface area contributed by atoms with Crippen LogP contribution in [0.15, 0.2) is 42.5 Å². The molecule has 0 heterocycles. The largest absolute Gasteiger partial charge is 0.489 e. The summed E-state index contributed by atoms with van der Waals surface area (Å²) in [5, 5.41) is 3.45. The highest BCUT2D eigenvalue weighted by Gasteiger charge is 2.03. The first-order valence-electron chi connectivity index (χ1n) is 7.67. The molecule has 0 spiro atoms. The van der Waals surface area contributed by atoms with E-state index in [1.807, 2.05) is 0 Å². The fraction of sp³-hybridized carbons (Fsp3) is 0.368. The third-order valence-corrected chi connectivity index (χ3v) is 3.45. The third-order valence-electron chi connectivity index (χ3n) is 3.45. The van der Waals surface area contributed by atoms with Gasteiger partial charge in [0.1, 0.15) is 12.4 Å². The van der Waals surface area contributed by atoms with Gasteiger partial charge in [0, 0.05) is 6.54 Å². The van der Waals surface area contributed by atoms with E-state index in [9.17, 15) is 0 Å². The molecule has 0 aliphatic heterocycles. The van der Waals surface area contributed by atoms with Crippen LogP contribution in [0.5, 0.6) is 5.75 Å². The van der Waals surface area contributed by atoms with E-state index in [-0.39, 0.29) is 0 Å². The van der Waals surface area contributed by atoms with Crippen molar-refractivity contribution in [3.63, 3.8) is 0 Å². The van der Waals surface area contributed by atoms with E-state index < -0.39 is 0 Å². The molecule has 21 heavy (non-hydrogen) atoms. The molecule has 2 nitrogen and oxygen atoms in total. The fourth-order valence-electron chi connectivity index (χ4n) is 2.45. The van der Waals surface area contributed by atoms with Crippen molar-refractivity contribution in [2.24, 2.45) is 0 Å². The summed E-state index contributed by atoms with van der Waals surface area (Å²) in [4.78, 5) is 0. The summed E-state index contributed by atoms with van der Waals surface area (Å²) in [6.07, 6.45) is 1.15. The minimum Gasteiger partial charge on any atom is -0.489 e. The SMILES string of the molecule is CCCNCc1ccccc1COc1cc(C)cc(C)c1. The standard InChI is InChI=1S/C19H25NO/c1-4-9-20-13-17-7-5-6-8-18(17)14-21-19-11-15(2)10-16(3)12-19/h5-8,10-12,20H,4,9,13-14H2,1-3H3. The van der Waals surface area contributed by atoms with Crippen LogP contribution >= 0.6 is 0 Å². The van der Waals surface area contributed by atoms with Gasteiger partial charge in [-0.1, -0.05) is 37.3 Å². The van der Waals surface area contributed by atoms with Crippen LogP contribution in [-0.4, -0.2) is 6.54 Å². The van der Waals surface area contributed by atoms with Crippen molar-refractivity contribution >= 4 is 0 Å². The van der Waals surface area contributed by atoms with E-state index in [1.165, 1.54) is 22.3 Å². The lowest BCUT2D eigenvalue weighted by Gasteiger charge is -2.12. The second kappa shape index (κ2) is 7.84. The van der Waals surface area contributed by atoms with E-state index in [0.717, 1.165) is 25.3 Å². The lowest BCUT2D eigenvalue weighted by Crippen LogP contribution is -2.15. The normalized spacial score (nSPS) is 10.6. The summed E-state index contributed by atoms with van der Waals surface area (Å²) in [6.45, 7) is 8.95. The van der Waals surface area contributed by atoms with Gasteiger partial charge < -0.3 is 10.1 Å². The maximum Gasteiger partial charge on any atom is 0.120 e. The Morgan fingerprint density at radius 1 is 0.952 bits per heavy atom. The summed E-state index contributed by atoms with van der Waals surface area (Å²) < 4.78 is 5.97. The van der Waals surface area contributed by atoms with Gasteiger partial charge in [-0.25, -0.2) is 0 Å². The van der Waals surface area contributed by atoms with E-state index in [0.29, 0.717) is 6.61 Å². The quantitative estimate of drug-likeness (QED) is 0.761. The first-order chi connectivity index (χ1) is 10.2. The molecule has 0 fully saturated rings. The van der Waals surface area contributed by atoms with Crippen LogP contribution in [0.25, 0.3) is 0 Å². The molecule has 0 saturated carbocycles. The van der Waals surface area contributed by atoms with E-state index in [1.54, 1.807) is 0 Å². The average Bonchev–Trinajstić information content (AvgIpc) is 2.45. The Morgan fingerprint density at radius 2 is 1.62 bits per heavy atom. The van der Waals surface area contributed by atoms with Gasteiger partial charge in [0.05, 0.1) is 0 Å². The van der Waals surface area contributed by atoms with Crippen LogP contribution in [-0.2, 0) is 13.2 Å². The number of hydrogen-bond donors (Lipinski definition) is 1. The monoisotopic (exact) mass is 283 g/mol. The van der Waals surface area contributed by atoms with Crippen LogP contribution in [0.2, 0.25) is 0 Å². The van der Waals surface area contributed by atoms with Crippen LogP contribution in [0.3, 0.4) is 0 Å². The molecular formula is C19H25NO. The Morgan fingerprint density at radius 3 is 2.29 bits per heavy atom. The van der Waals surface area contributed by atoms with Gasteiger partial charge >= 0.3 is 0 Å². The van der Waals surface area contributed by atoms with Gasteiger partial charge in [0.2, 0.25) is 0 Å². The summed E-state index contributed by atoms with van der Waals surface area (Å²) in [6, 6.07) is 14.8. The van der Waals surface area contributed by atoms with Gasteiger partial charge in [0.25, 0.3) is 0 Å². The zero-order chi connectivity index (χ0) is 15.1. The Labute approximate surface area is 128 Å². The molecule has 2 aromatic rings. The molecule has 0 aliphatic carbocycles. The third kappa shape index (κ3) is 4.91. The Hall–Kier alpha value is -1.80. The Kier molecular flexibility index (Phi) is 5.82. The van der Waals surface area contributed by atoms with Gasteiger partial charge in [-0.15, -0.1) is 0 Å². The predicted octanol–water partition coefficient (Wildman–Crippen LogP) is 4.38. The number of aryl methyl sites for hydroxylation is 2.